The van der Waals surface area contributed by atoms with Gasteiger partial charge in [0.15, 0.2) is 0 Å². The van der Waals surface area contributed by atoms with E-state index in [2.05, 4.69) is 21.3 Å². The highest BCUT2D eigenvalue weighted by Gasteiger charge is 2.33. The topological polar surface area (TPSA) is 76.3 Å². The van der Waals surface area contributed by atoms with Gasteiger partial charge < -0.3 is 20.7 Å². The highest BCUT2D eigenvalue weighted by Crippen LogP contribution is 2.41. The first-order valence-corrected chi connectivity index (χ1v) is 11.9. The van der Waals surface area contributed by atoms with Crippen LogP contribution in [-0.2, 0) is 23.8 Å². The van der Waals surface area contributed by atoms with E-state index in [9.17, 15) is 13.2 Å². The number of nitrogens with two attached hydrogens (primary N) is 1. The van der Waals surface area contributed by atoms with Gasteiger partial charge in [0.2, 0.25) is 0 Å². The minimum Gasteiger partial charge on any atom is -0.399 e. The minimum absolute atomic E-state index is 0.0794. The largest absolute Gasteiger partial charge is 0.416 e. The van der Waals surface area contributed by atoms with Crippen LogP contribution in [0.15, 0.2) is 24.3 Å². The fourth-order valence-electron chi connectivity index (χ4n) is 5.34. The van der Waals surface area contributed by atoms with Gasteiger partial charge in [0.1, 0.15) is 11.6 Å². The summed E-state index contributed by atoms with van der Waals surface area (Å²) < 4.78 is 45.4. The molecule has 0 radical (unpaired) electrons. The zero-order chi connectivity index (χ0) is 24.9. The minimum atomic E-state index is -4.46. The number of halogens is 3. The Morgan fingerprint density at radius 2 is 1.89 bits per heavy atom. The molecule has 1 aliphatic heterocycles. The number of anilines is 3. The van der Waals surface area contributed by atoms with Gasteiger partial charge in [-0.25, -0.2) is 9.97 Å². The first kappa shape index (κ1) is 23.7. The predicted octanol–water partition coefficient (Wildman–Crippen LogP) is 5.28. The second-order valence-corrected chi connectivity index (χ2v) is 9.70. The van der Waals surface area contributed by atoms with Crippen LogP contribution >= 0.6 is 0 Å². The van der Waals surface area contributed by atoms with Gasteiger partial charge in [-0.1, -0.05) is 0 Å². The smallest absolute Gasteiger partial charge is 0.399 e. The van der Waals surface area contributed by atoms with Crippen molar-refractivity contribution in [2.45, 2.75) is 45.3 Å². The van der Waals surface area contributed by atoms with E-state index in [-0.39, 0.29) is 5.69 Å². The fourth-order valence-corrected chi connectivity index (χ4v) is 5.34. The monoisotopic (exact) mass is 485 g/mol. The van der Waals surface area contributed by atoms with E-state index >= 15 is 0 Å². The molecular formula is C26H30F3N5O. The summed E-state index contributed by atoms with van der Waals surface area (Å²) in [6.07, 6.45) is -1.39. The normalized spacial score (nSPS) is 16.9. The number of fused-ring (bicyclic) bond motifs is 3. The third kappa shape index (κ3) is 4.49. The third-order valence-electron chi connectivity index (χ3n) is 7.01. The molecule has 0 bridgehead atoms. The van der Waals surface area contributed by atoms with Crippen LogP contribution in [0, 0.1) is 12.8 Å². The van der Waals surface area contributed by atoms with Crippen LogP contribution in [0.3, 0.4) is 0 Å². The second-order valence-electron chi connectivity index (χ2n) is 9.70. The number of methoxy groups -OCH3 is 1. The Balaban J connectivity index is 1.54. The van der Waals surface area contributed by atoms with Crippen LogP contribution in [0.4, 0.5) is 30.4 Å². The lowest BCUT2D eigenvalue weighted by atomic mass is 9.95. The number of aromatic nitrogens is 2. The molecule has 9 heteroatoms. The average Bonchev–Trinajstić information content (AvgIpc) is 3.25. The van der Waals surface area contributed by atoms with Crippen molar-refractivity contribution in [3.63, 3.8) is 0 Å². The number of hydrogen-bond acceptors (Lipinski definition) is 6. The molecule has 0 spiro atoms. The Morgan fingerprint density at radius 1 is 1.14 bits per heavy atom. The maximum atomic E-state index is 13.4. The van der Waals surface area contributed by atoms with Gasteiger partial charge >= 0.3 is 6.18 Å². The number of aryl methyl sites for hydroxylation is 2. The molecule has 186 valence electrons. The number of rotatable bonds is 6. The van der Waals surface area contributed by atoms with Crippen molar-refractivity contribution < 1.29 is 17.9 Å². The molecule has 1 saturated heterocycles. The summed E-state index contributed by atoms with van der Waals surface area (Å²) in [6, 6.07) is 5.38. The van der Waals surface area contributed by atoms with E-state index in [4.69, 9.17) is 15.5 Å². The molecule has 2 heterocycles. The highest BCUT2D eigenvalue weighted by atomic mass is 19.4. The van der Waals surface area contributed by atoms with Crippen LogP contribution in [-0.4, -0.2) is 36.8 Å². The Hall–Kier alpha value is -3.07. The first-order valence-electron chi connectivity index (χ1n) is 11.9. The third-order valence-corrected chi connectivity index (χ3v) is 7.01. The molecule has 1 atom stereocenters. The standard InChI is InChI=1S/C26H30F3N5O/c1-14(17-7-18(26(27,28)29)9-19(30)8-17)31-25-22-10-23(34-11-16(12-34)13-35-3)20-5-4-6-21(20)24(22)32-15(2)33-25/h7-10,14,16H,4-6,11-13,30H2,1-3H3,(H,31,32,33)/t14-/m1/s1. The van der Waals surface area contributed by atoms with Crippen LogP contribution in [0.1, 0.15) is 47.5 Å². The van der Waals surface area contributed by atoms with Gasteiger partial charge in [-0.15, -0.1) is 0 Å². The van der Waals surface area contributed by atoms with Gasteiger partial charge in [0, 0.05) is 42.9 Å². The van der Waals surface area contributed by atoms with E-state index in [1.807, 2.05) is 13.8 Å². The molecule has 3 N–H and O–H groups in total. The zero-order valence-electron chi connectivity index (χ0n) is 20.2. The number of nitrogens with zero attached hydrogens (tertiary/aromatic N) is 3. The summed E-state index contributed by atoms with van der Waals surface area (Å²) in [7, 11) is 1.73. The van der Waals surface area contributed by atoms with Crippen LogP contribution < -0.4 is 16.0 Å². The van der Waals surface area contributed by atoms with Gasteiger partial charge in [-0.05, 0) is 74.1 Å². The van der Waals surface area contributed by atoms with Crippen molar-refractivity contribution in [3.05, 3.63) is 52.3 Å². The summed E-state index contributed by atoms with van der Waals surface area (Å²) in [5.41, 5.74) is 10.3. The molecule has 0 saturated carbocycles. The SMILES string of the molecule is COCC1CN(c2cc3c(N[C@H](C)c4cc(N)cc(C(F)(F)F)c4)nc(C)nc3c3c2CCC3)C1. The van der Waals surface area contributed by atoms with Crippen molar-refractivity contribution >= 4 is 28.1 Å². The molecule has 1 fully saturated rings. The number of hydrogen-bond donors (Lipinski definition) is 2. The van der Waals surface area contributed by atoms with Crippen LogP contribution in [0.2, 0.25) is 0 Å². The maximum Gasteiger partial charge on any atom is 0.416 e. The lowest BCUT2D eigenvalue weighted by Crippen LogP contribution is -2.49. The molecule has 1 aromatic heterocycles. The quantitative estimate of drug-likeness (QED) is 0.463. The molecule has 1 aliphatic carbocycles. The summed E-state index contributed by atoms with van der Waals surface area (Å²) in [5.74, 6) is 1.77. The van der Waals surface area contributed by atoms with E-state index < -0.39 is 17.8 Å². The number of benzene rings is 2. The zero-order valence-corrected chi connectivity index (χ0v) is 20.2. The molecule has 35 heavy (non-hydrogen) atoms. The fraction of sp³-hybridized carbons (Fsp3) is 0.462. The summed E-state index contributed by atoms with van der Waals surface area (Å²) >= 11 is 0. The molecule has 5 rings (SSSR count). The summed E-state index contributed by atoms with van der Waals surface area (Å²) in [5, 5.41) is 4.25. The van der Waals surface area contributed by atoms with Crippen molar-refractivity contribution in [3.8, 4) is 0 Å². The molecule has 2 aromatic carbocycles. The van der Waals surface area contributed by atoms with E-state index in [1.54, 1.807) is 13.2 Å². The van der Waals surface area contributed by atoms with Gasteiger partial charge in [-0.3, -0.25) is 0 Å². The van der Waals surface area contributed by atoms with Crippen LogP contribution in [0.5, 0.6) is 0 Å². The maximum absolute atomic E-state index is 13.4. The lowest BCUT2D eigenvalue weighted by Gasteiger charge is -2.42. The number of nitrogen functional groups attached to an aromatic ring is 1. The molecule has 0 unspecified atom stereocenters. The van der Waals surface area contributed by atoms with Crippen LogP contribution in [0.25, 0.3) is 10.9 Å². The van der Waals surface area contributed by atoms with E-state index in [0.717, 1.165) is 62.0 Å². The number of alkyl halides is 3. The van der Waals surface area contributed by atoms with Gasteiger partial charge in [-0.2, -0.15) is 13.2 Å². The molecule has 0 amide bonds. The van der Waals surface area contributed by atoms with Crippen molar-refractivity contribution in [2.24, 2.45) is 5.92 Å². The summed E-state index contributed by atoms with van der Waals surface area (Å²) in [4.78, 5) is 11.8. The average molecular weight is 486 g/mol. The van der Waals surface area contributed by atoms with Crippen molar-refractivity contribution in [1.29, 1.82) is 0 Å². The summed E-state index contributed by atoms with van der Waals surface area (Å²) in [6.45, 7) is 6.30. The Bertz CT molecular complexity index is 1270. The van der Waals surface area contributed by atoms with Crippen molar-refractivity contribution in [2.75, 3.05) is 42.8 Å². The molecule has 2 aliphatic rings. The van der Waals surface area contributed by atoms with E-state index in [0.29, 0.717) is 23.1 Å². The lowest BCUT2D eigenvalue weighted by molar-refractivity contribution is -0.137. The Kier molecular flexibility index (Phi) is 5.99. The van der Waals surface area contributed by atoms with E-state index in [1.165, 1.54) is 16.8 Å². The van der Waals surface area contributed by atoms with Gasteiger partial charge in [0.05, 0.1) is 23.7 Å². The Morgan fingerprint density at radius 3 is 2.60 bits per heavy atom. The molecular weight excluding hydrogens is 455 g/mol. The first-order chi connectivity index (χ1) is 16.6. The Labute approximate surface area is 202 Å². The number of nitrogens with one attached hydrogen (secondary N) is 1. The molecule has 6 nitrogen and oxygen atoms in total. The van der Waals surface area contributed by atoms with Gasteiger partial charge in [0.25, 0.3) is 0 Å². The second kappa shape index (κ2) is 8.86. The highest BCUT2D eigenvalue weighted by molar-refractivity contribution is 5.96. The van der Waals surface area contributed by atoms with Crippen molar-refractivity contribution in [1.82, 2.24) is 9.97 Å². The number of ether oxygens (including phenoxy) is 1. The molecule has 3 aromatic rings. The predicted molar refractivity (Wildman–Crippen MR) is 132 cm³/mol.